The third-order valence-electron chi connectivity index (χ3n) is 1.86. The number of rotatable bonds is 7. The van der Waals surface area contributed by atoms with E-state index in [4.69, 9.17) is 0 Å². The van der Waals surface area contributed by atoms with E-state index in [2.05, 4.69) is 35.5 Å². The first-order valence-electron chi connectivity index (χ1n) is 4.92. The molecule has 0 unspecified atom stereocenters. The summed E-state index contributed by atoms with van der Waals surface area (Å²) < 4.78 is 0. The molecule has 0 rings (SSSR count). The summed E-state index contributed by atoms with van der Waals surface area (Å²) in [6.45, 7) is 5.35. The smallest absolute Gasteiger partial charge is 0.0104 e. The summed E-state index contributed by atoms with van der Waals surface area (Å²) in [5.41, 5.74) is 0. The van der Waals surface area contributed by atoms with Crippen molar-refractivity contribution in [2.75, 3.05) is 33.7 Å². The second-order valence-electron chi connectivity index (χ2n) is 3.15. The van der Waals surface area contributed by atoms with Gasteiger partial charge >= 0.3 is 0 Å². The lowest BCUT2D eigenvalue weighted by atomic mass is 10.3. The molecule has 0 amide bonds. The van der Waals surface area contributed by atoms with Gasteiger partial charge in [0.25, 0.3) is 0 Å². The summed E-state index contributed by atoms with van der Waals surface area (Å²) >= 11 is 0. The Morgan fingerprint density at radius 2 is 2.00 bits per heavy atom. The Kier molecular flexibility index (Phi) is 9.05. The molecule has 0 saturated heterocycles. The molecule has 0 spiro atoms. The average Bonchev–Trinajstić information content (AvgIpc) is 2.14. The minimum atomic E-state index is 1.06. The number of likely N-dealkylation sites (N-methyl/N-ethyl adjacent to an activating group) is 2. The van der Waals surface area contributed by atoms with Crippen molar-refractivity contribution in [3.05, 3.63) is 24.3 Å². The molecular formula is C11H22N2. The van der Waals surface area contributed by atoms with Crippen LogP contribution in [0, 0.1) is 0 Å². The number of hydrogen-bond acceptors (Lipinski definition) is 2. The molecule has 0 aromatic heterocycles. The van der Waals surface area contributed by atoms with Crippen LogP contribution >= 0.6 is 0 Å². The molecule has 0 atom stereocenters. The molecule has 2 nitrogen and oxygen atoms in total. The van der Waals surface area contributed by atoms with Crippen LogP contribution in [0.2, 0.25) is 0 Å². The van der Waals surface area contributed by atoms with Crippen LogP contribution in [0.4, 0.5) is 0 Å². The van der Waals surface area contributed by atoms with Crippen molar-refractivity contribution in [3.63, 3.8) is 0 Å². The van der Waals surface area contributed by atoms with Gasteiger partial charge in [0, 0.05) is 19.6 Å². The summed E-state index contributed by atoms with van der Waals surface area (Å²) in [6.07, 6.45) is 9.54. The lowest BCUT2D eigenvalue weighted by molar-refractivity contribution is 0.342. The SMILES string of the molecule is C/C=C/C=C\CCN(C)CCNC. The van der Waals surface area contributed by atoms with Crippen LogP contribution in [0.5, 0.6) is 0 Å². The molecule has 0 fully saturated rings. The summed E-state index contributed by atoms with van der Waals surface area (Å²) in [7, 11) is 4.14. The van der Waals surface area contributed by atoms with E-state index in [1.54, 1.807) is 0 Å². The quantitative estimate of drug-likeness (QED) is 0.602. The van der Waals surface area contributed by atoms with E-state index in [1.165, 1.54) is 0 Å². The molecule has 0 aromatic rings. The predicted octanol–water partition coefficient (Wildman–Crippen LogP) is 1.66. The van der Waals surface area contributed by atoms with Crippen LogP contribution in [-0.2, 0) is 0 Å². The van der Waals surface area contributed by atoms with Crippen LogP contribution in [0.1, 0.15) is 13.3 Å². The Morgan fingerprint density at radius 1 is 1.23 bits per heavy atom. The van der Waals surface area contributed by atoms with E-state index in [9.17, 15) is 0 Å². The zero-order valence-corrected chi connectivity index (χ0v) is 9.09. The number of allylic oxidation sites excluding steroid dienone is 3. The van der Waals surface area contributed by atoms with Gasteiger partial charge in [-0.15, -0.1) is 0 Å². The molecule has 76 valence electrons. The van der Waals surface area contributed by atoms with E-state index >= 15 is 0 Å². The molecule has 0 aliphatic heterocycles. The van der Waals surface area contributed by atoms with E-state index < -0.39 is 0 Å². The van der Waals surface area contributed by atoms with Crippen molar-refractivity contribution in [3.8, 4) is 0 Å². The van der Waals surface area contributed by atoms with Crippen molar-refractivity contribution in [2.45, 2.75) is 13.3 Å². The van der Waals surface area contributed by atoms with Crippen molar-refractivity contribution < 1.29 is 0 Å². The maximum Gasteiger partial charge on any atom is 0.0104 e. The third-order valence-corrected chi connectivity index (χ3v) is 1.86. The fourth-order valence-electron chi connectivity index (χ4n) is 0.995. The zero-order valence-electron chi connectivity index (χ0n) is 9.09. The molecule has 1 N–H and O–H groups in total. The number of nitrogens with zero attached hydrogens (tertiary/aromatic N) is 1. The van der Waals surface area contributed by atoms with Crippen LogP contribution < -0.4 is 5.32 Å². The fourth-order valence-corrected chi connectivity index (χ4v) is 0.995. The fraction of sp³-hybridized carbons (Fsp3) is 0.636. The second kappa shape index (κ2) is 9.49. The first-order chi connectivity index (χ1) is 6.31. The van der Waals surface area contributed by atoms with Crippen LogP contribution in [-0.4, -0.2) is 38.6 Å². The van der Waals surface area contributed by atoms with Gasteiger partial charge in [-0.2, -0.15) is 0 Å². The van der Waals surface area contributed by atoms with Crippen LogP contribution in [0.25, 0.3) is 0 Å². The number of nitrogens with one attached hydrogen (secondary N) is 1. The number of hydrogen-bond donors (Lipinski definition) is 1. The lowest BCUT2D eigenvalue weighted by Gasteiger charge is -2.14. The highest BCUT2D eigenvalue weighted by Gasteiger charge is 1.93. The highest BCUT2D eigenvalue weighted by molar-refractivity contribution is 5.00. The molecule has 2 heteroatoms. The van der Waals surface area contributed by atoms with E-state index in [-0.39, 0.29) is 0 Å². The molecule has 0 heterocycles. The Bertz CT molecular complexity index is 150. The maximum absolute atomic E-state index is 3.14. The topological polar surface area (TPSA) is 15.3 Å². The summed E-state index contributed by atoms with van der Waals surface area (Å²) in [5, 5.41) is 3.14. The molecule has 0 aliphatic carbocycles. The van der Waals surface area contributed by atoms with Gasteiger partial charge in [-0.3, -0.25) is 0 Å². The normalized spacial score (nSPS) is 12.3. The van der Waals surface area contributed by atoms with Crippen molar-refractivity contribution in [2.24, 2.45) is 0 Å². The minimum absolute atomic E-state index is 1.06. The van der Waals surface area contributed by atoms with Crippen molar-refractivity contribution in [1.29, 1.82) is 0 Å². The largest absolute Gasteiger partial charge is 0.318 e. The Balaban J connectivity index is 3.30. The molecule has 0 aromatic carbocycles. The third kappa shape index (κ3) is 9.31. The van der Waals surface area contributed by atoms with Gasteiger partial charge in [0.1, 0.15) is 0 Å². The molecule has 13 heavy (non-hydrogen) atoms. The van der Waals surface area contributed by atoms with Crippen molar-refractivity contribution in [1.82, 2.24) is 10.2 Å². The Hall–Kier alpha value is -0.600. The van der Waals surface area contributed by atoms with Gasteiger partial charge in [0.05, 0.1) is 0 Å². The maximum atomic E-state index is 3.14. The Labute approximate surface area is 82.3 Å². The van der Waals surface area contributed by atoms with E-state index in [0.717, 1.165) is 26.1 Å². The monoisotopic (exact) mass is 182 g/mol. The van der Waals surface area contributed by atoms with E-state index in [0.29, 0.717) is 0 Å². The van der Waals surface area contributed by atoms with Gasteiger partial charge in [-0.1, -0.05) is 24.3 Å². The highest BCUT2D eigenvalue weighted by Crippen LogP contribution is 1.89. The highest BCUT2D eigenvalue weighted by atomic mass is 15.1. The lowest BCUT2D eigenvalue weighted by Crippen LogP contribution is -2.27. The summed E-state index contributed by atoms with van der Waals surface area (Å²) in [4.78, 5) is 2.33. The van der Waals surface area contributed by atoms with Gasteiger partial charge in [0.2, 0.25) is 0 Å². The first kappa shape index (κ1) is 12.4. The zero-order chi connectivity index (χ0) is 9.94. The van der Waals surface area contributed by atoms with Gasteiger partial charge in [0.15, 0.2) is 0 Å². The standard InChI is InChI=1S/C11H22N2/c1-4-5-6-7-8-10-13(3)11-9-12-2/h4-7,12H,8-11H2,1-3H3/b5-4+,7-6-. The van der Waals surface area contributed by atoms with Crippen LogP contribution in [0.15, 0.2) is 24.3 Å². The first-order valence-corrected chi connectivity index (χ1v) is 4.92. The Morgan fingerprint density at radius 3 is 2.62 bits per heavy atom. The molecule has 0 radical (unpaired) electrons. The summed E-state index contributed by atoms with van der Waals surface area (Å²) in [6, 6.07) is 0. The predicted molar refractivity (Wildman–Crippen MR) is 60.0 cm³/mol. The molecule has 0 aliphatic rings. The average molecular weight is 182 g/mol. The van der Waals surface area contributed by atoms with Gasteiger partial charge in [-0.05, 0) is 27.4 Å². The molecular weight excluding hydrogens is 160 g/mol. The molecule has 0 bridgehead atoms. The molecule has 0 saturated carbocycles. The second-order valence-corrected chi connectivity index (χ2v) is 3.15. The van der Waals surface area contributed by atoms with E-state index in [1.807, 2.05) is 20.0 Å². The van der Waals surface area contributed by atoms with Crippen molar-refractivity contribution >= 4 is 0 Å². The van der Waals surface area contributed by atoms with Crippen LogP contribution in [0.3, 0.4) is 0 Å². The summed E-state index contributed by atoms with van der Waals surface area (Å²) in [5.74, 6) is 0. The minimum Gasteiger partial charge on any atom is -0.318 e. The van der Waals surface area contributed by atoms with Gasteiger partial charge in [-0.25, -0.2) is 0 Å². The van der Waals surface area contributed by atoms with Gasteiger partial charge < -0.3 is 10.2 Å².